The lowest BCUT2D eigenvalue weighted by molar-refractivity contribution is 0.465. The van der Waals surface area contributed by atoms with Crippen LogP contribution in [-0.2, 0) is 6.42 Å². The summed E-state index contributed by atoms with van der Waals surface area (Å²) < 4.78 is 27.3. The van der Waals surface area contributed by atoms with Gasteiger partial charge >= 0.3 is 0 Å². The molecule has 0 saturated carbocycles. The Balaban J connectivity index is 1.96. The fraction of sp³-hybridized carbons (Fsp3) is 0.438. The van der Waals surface area contributed by atoms with E-state index in [-0.39, 0.29) is 5.56 Å². The van der Waals surface area contributed by atoms with Gasteiger partial charge in [0, 0.05) is 16.5 Å². The summed E-state index contributed by atoms with van der Waals surface area (Å²) in [6, 6.07) is 3.83. The van der Waals surface area contributed by atoms with Gasteiger partial charge < -0.3 is 5.32 Å². The number of halogens is 2. The Bertz CT molecular complexity index is 639. The number of nitrogens with zero attached hydrogens (tertiary/aromatic N) is 1. The summed E-state index contributed by atoms with van der Waals surface area (Å²) in [6.45, 7) is 3.10. The fourth-order valence-electron chi connectivity index (χ4n) is 2.71. The molecule has 1 heterocycles. The first kappa shape index (κ1) is 14.6. The van der Waals surface area contributed by atoms with Crippen molar-refractivity contribution >= 4 is 11.3 Å². The number of hydrogen-bond acceptors (Lipinski definition) is 3. The van der Waals surface area contributed by atoms with Gasteiger partial charge in [-0.15, -0.1) is 11.3 Å². The summed E-state index contributed by atoms with van der Waals surface area (Å²) in [5.74, 6) is -0.846. The smallest absolute Gasteiger partial charge is 0.133 e. The minimum absolute atomic E-state index is 0.267. The minimum Gasteiger partial charge on any atom is -0.309 e. The molecule has 0 radical (unpaired) electrons. The van der Waals surface area contributed by atoms with E-state index < -0.39 is 11.6 Å². The second-order valence-corrected chi connectivity index (χ2v) is 6.38. The molecule has 0 saturated heterocycles. The van der Waals surface area contributed by atoms with Crippen LogP contribution in [0.2, 0.25) is 0 Å². The van der Waals surface area contributed by atoms with Gasteiger partial charge in [-0.3, -0.25) is 0 Å². The SMILES string of the molecule is CCCNC1CCCc2nc(-c3cc(F)ccc3F)sc21. The maximum absolute atomic E-state index is 13.9. The molecular weight excluding hydrogens is 290 g/mol. The molecule has 1 aliphatic carbocycles. The lowest BCUT2D eigenvalue weighted by Gasteiger charge is -2.22. The van der Waals surface area contributed by atoms with Crippen LogP contribution in [0.3, 0.4) is 0 Å². The Morgan fingerprint density at radius 1 is 1.38 bits per heavy atom. The second kappa shape index (κ2) is 6.20. The molecule has 3 rings (SSSR count). The van der Waals surface area contributed by atoms with Crippen LogP contribution in [0.4, 0.5) is 8.78 Å². The molecular formula is C16H18F2N2S. The highest BCUT2D eigenvalue weighted by atomic mass is 32.1. The van der Waals surface area contributed by atoms with E-state index in [1.54, 1.807) is 0 Å². The predicted octanol–water partition coefficient (Wildman–Crippen LogP) is 4.47. The van der Waals surface area contributed by atoms with E-state index in [1.165, 1.54) is 22.3 Å². The van der Waals surface area contributed by atoms with Crippen LogP contribution < -0.4 is 5.32 Å². The van der Waals surface area contributed by atoms with E-state index in [9.17, 15) is 8.78 Å². The molecule has 1 N–H and O–H groups in total. The summed E-state index contributed by atoms with van der Waals surface area (Å²) in [6.07, 6.45) is 4.17. The van der Waals surface area contributed by atoms with E-state index in [2.05, 4.69) is 17.2 Å². The molecule has 0 fully saturated rings. The molecule has 0 amide bonds. The average Bonchev–Trinajstić information content (AvgIpc) is 2.92. The van der Waals surface area contributed by atoms with Crippen molar-refractivity contribution in [1.82, 2.24) is 10.3 Å². The number of rotatable bonds is 4. The van der Waals surface area contributed by atoms with Gasteiger partial charge in [-0.1, -0.05) is 6.92 Å². The quantitative estimate of drug-likeness (QED) is 0.901. The standard InChI is InChI=1S/C16H18F2N2S/c1-2-8-19-13-4-3-5-14-15(13)21-16(20-14)11-9-10(17)6-7-12(11)18/h6-7,9,13,19H,2-5,8H2,1H3. The third-order valence-corrected chi connectivity index (χ3v) is 4.99. The zero-order chi connectivity index (χ0) is 14.8. The Hall–Kier alpha value is -1.33. The Kier molecular flexibility index (Phi) is 4.31. The number of thiazole rings is 1. The third kappa shape index (κ3) is 2.99. The summed E-state index contributed by atoms with van der Waals surface area (Å²) >= 11 is 1.49. The van der Waals surface area contributed by atoms with Gasteiger partial charge in [0.2, 0.25) is 0 Å². The zero-order valence-electron chi connectivity index (χ0n) is 12.0. The molecule has 2 aromatic rings. The Morgan fingerprint density at radius 2 is 2.24 bits per heavy atom. The summed E-state index contributed by atoms with van der Waals surface area (Å²) in [4.78, 5) is 5.74. The molecule has 112 valence electrons. The van der Waals surface area contributed by atoms with Gasteiger partial charge in [-0.25, -0.2) is 13.8 Å². The van der Waals surface area contributed by atoms with Gasteiger partial charge in [0.25, 0.3) is 0 Å². The molecule has 0 aliphatic heterocycles. The van der Waals surface area contributed by atoms with E-state index in [4.69, 9.17) is 0 Å². The maximum Gasteiger partial charge on any atom is 0.133 e. The van der Waals surface area contributed by atoms with Gasteiger partial charge in [0.15, 0.2) is 0 Å². The highest BCUT2D eigenvalue weighted by molar-refractivity contribution is 7.15. The fourth-order valence-corrected chi connectivity index (χ4v) is 3.95. The van der Waals surface area contributed by atoms with Crippen LogP contribution >= 0.6 is 11.3 Å². The normalized spacial score (nSPS) is 17.8. The summed E-state index contributed by atoms with van der Waals surface area (Å²) in [5, 5.41) is 4.11. The molecule has 0 bridgehead atoms. The summed E-state index contributed by atoms with van der Waals surface area (Å²) in [7, 11) is 0. The van der Waals surface area contributed by atoms with Gasteiger partial charge in [0.05, 0.1) is 5.69 Å². The van der Waals surface area contributed by atoms with Crippen molar-refractivity contribution in [3.63, 3.8) is 0 Å². The van der Waals surface area contributed by atoms with Crippen molar-refractivity contribution < 1.29 is 8.78 Å². The van der Waals surface area contributed by atoms with Crippen molar-refractivity contribution in [3.05, 3.63) is 40.4 Å². The van der Waals surface area contributed by atoms with Crippen molar-refractivity contribution in [2.24, 2.45) is 0 Å². The Morgan fingerprint density at radius 3 is 3.05 bits per heavy atom. The highest BCUT2D eigenvalue weighted by Crippen LogP contribution is 2.38. The van der Waals surface area contributed by atoms with Gasteiger partial charge in [-0.05, 0) is 50.4 Å². The first-order valence-electron chi connectivity index (χ1n) is 7.37. The number of aromatic nitrogens is 1. The van der Waals surface area contributed by atoms with Crippen molar-refractivity contribution in [3.8, 4) is 10.6 Å². The lowest BCUT2D eigenvalue weighted by Crippen LogP contribution is -2.24. The highest BCUT2D eigenvalue weighted by Gasteiger charge is 2.25. The third-order valence-electron chi connectivity index (χ3n) is 3.75. The summed E-state index contributed by atoms with van der Waals surface area (Å²) in [5.41, 5.74) is 1.31. The molecule has 1 aromatic carbocycles. The maximum atomic E-state index is 13.9. The predicted molar refractivity (Wildman–Crippen MR) is 81.4 cm³/mol. The number of fused-ring (bicyclic) bond motifs is 1. The van der Waals surface area contributed by atoms with E-state index in [0.29, 0.717) is 11.0 Å². The number of aryl methyl sites for hydroxylation is 1. The lowest BCUT2D eigenvalue weighted by atomic mass is 9.98. The van der Waals surface area contributed by atoms with Crippen LogP contribution in [0.1, 0.15) is 42.8 Å². The topological polar surface area (TPSA) is 24.9 Å². The van der Waals surface area contributed by atoms with Crippen LogP contribution in [0, 0.1) is 11.6 Å². The largest absolute Gasteiger partial charge is 0.309 e. The van der Waals surface area contributed by atoms with Crippen molar-refractivity contribution in [2.75, 3.05) is 6.54 Å². The molecule has 1 aromatic heterocycles. The van der Waals surface area contributed by atoms with Crippen LogP contribution in [0.25, 0.3) is 10.6 Å². The number of hydrogen-bond donors (Lipinski definition) is 1. The number of nitrogens with one attached hydrogen (secondary N) is 1. The molecule has 1 aliphatic rings. The van der Waals surface area contributed by atoms with Crippen LogP contribution in [0.5, 0.6) is 0 Å². The molecule has 1 unspecified atom stereocenters. The molecule has 21 heavy (non-hydrogen) atoms. The minimum atomic E-state index is -0.430. The molecule has 0 spiro atoms. The van der Waals surface area contributed by atoms with E-state index in [0.717, 1.165) is 50.1 Å². The van der Waals surface area contributed by atoms with E-state index in [1.807, 2.05) is 0 Å². The second-order valence-electron chi connectivity index (χ2n) is 5.35. The monoisotopic (exact) mass is 308 g/mol. The van der Waals surface area contributed by atoms with Crippen LogP contribution in [-0.4, -0.2) is 11.5 Å². The van der Waals surface area contributed by atoms with Crippen LogP contribution in [0.15, 0.2) is 18.2 Å². The average molecular weight is 308 g/mol. The molecule has 1 atom stereocenters. The van der Waals surface area contributed by atoms with Gasteiger partial charge in [-0.2, -0.15) is 0 Å². The first-order chi connectivity index (χ1) is 10.2. The van der Waals surface area contributed by atoms with E-state index >= 15 is 0 Å². The first-order valence-corrected chi connectivity index (χ1v) is 8.19. The van der Waals surface area contributed by atoms with Crippen molar-refractivity contribution in [1.29, 1.82) is 0 Å². The number of benzene rings is 1. The molecule has 2 nitrogen and oxygen atoms in total. The zero-order valence-corrected chi connectivity index (χ0v) is 12.8. The molecule has 5 heteroatoms. The van der Waals surface area contributed by atoms with Gasteiger partial charge in [0.1, 0.15) is 16.6 Å². The Labute approximate surface area is 127 Å². The van der Waals surface area contributed by atoms with Crippen molar-refractivity contribution in [2.45, 2.75) is 38.6 Å².